The van der Waals surface area contributed by atoms with Crippen molar-refractivity contribution in [2.45, 2.75) is 13.0 Å². The minimum absolute atomic E-state index is 0.145. The summed E-state index contributed by atoms with van der Waals surface area (Å²) in [6, 6.07) is 3.47. The number of nitrogens with zero attached hydrogens (tertiary/aromatic N) is 2. The van der Waals surface area contributed by atoms with Crippen LogP contribution < -0.4 is 5.32 Å². The van der Waals surface area contributed by atoms with Crippen LogP contribution in [0.3, 0.4) is 0 Å². The highest BCUT2D eigenvalue weighted by Gasteiger charge is 2.10. The molecule has 5 nitrogen and oxygen atoms in total. The molecule has 0 saturated heterocycles. The molecule has 0 radical (unpaired) electrons. The second kappa shape index (κ2) is 6.89. The van der Waals surface area contributed by atoms with Gasteiger partial charge in [-0.1, -0.05) is 11.6 Å². The van der Waals surface area contributed by atoms with E-state index in [0.717, 1.165) is 16.1 Å². The molecule has 0 saturated carbocycles. The first kappa shape index (κ1) is 15.8. The fourth-order valence-electron chi connectivity index (χ4n) is 1.71. The molecule has 1 atom stereocenters. The van der Waals surface area contributed by atoms with E-state index in [9.17, 15) is 9.90 Å². The molecule has 0 fully saturated rings. The Balaban J connectivity index is 1.86. The standard InChI is InChI=1S/C14H16ClN3O2S/c1-9-10(7-17-18(9)2)3-6-14(20)16-8-11(19)12-4-5-13(15)21-12/h3-7,11,19H,8H2,1-2H3,(H,16,20)/b6-3+. The van der Waals surface area contributed by atoms with Crippen molar-refractivity contribution >= 4 is 34.9 Å². The fraction of sp³-hybridized carbons (Fsp3) is 0.286. The Labute approximate surface area is 131 Å². The van der Waals surface area contributed by atoms with Gasteiger partial charge >= 0.3 is 0 Å². The van der Waals surface area contributed by atoms with Gasteiger partial charge in [0.1, 0.15) is 6.10 Å². The van der Waals surface area contributed by atoms with Crippen molar-refractivity contribution in [2.75, 3.05) is 6.54 Å². The normalized spacial score (nSPS) is 12.8. The molecule has 0 aliphatic rings. The van der Waals surface area contributed by atoms with E-state index in [1.807, 2.05) is 14.0 Å². The van der Waals surface area contributed by atoms with Gasteiger partial charge in [0.15, 0.2) is 0 Å². The minimum atomic E-state index is -0.750. The van der Waals surface area contributed by atoms with E-state index in [2.05, 4.69) is 10.4 Å². The number of hydrogen-bond acceptors (Lipinski definition) is 4. The molecular formula is C14H16ClN3O2S. The van der Waals surface area contributed by atoms with Crippen LogP contribution in [0, 0.1) is 6.92 Å². The third-order valence-corrected chi connectivity index (χ3v) is 4.41. The second-order valence-corrected chi connectivity index (χ2v) is 6.29. The van der Waals surface area contributed by atoms with Crippen molar-refractivity contribution in [2.24, 2.45) is 7.05 Å². The van der Waals surface area contributed by atoms with Gasteiger partial charge in [0.2, 0.25) is 5.91 Å². The van der Waals surface area contributed by atoms with E-state index < -0.39 is 6.10 Å². The van der Waals surface area contributed by atoms with Crippen LogP contribution in [0.4, 0.5) is 0 Å². The highest BCUT2D eigenvalue weighted by atomic mass is 35.5. The number of hydrogen-bond donors (Lipinski definition) is 2. The van der Waals surface area contributed by atoms with Crippen LogP contribution in [0.1, 0.15) is 22.2 Å². The molecule has 21 heavy (non-hydrogen) atoms. The predicted octanol–water partition coefficient (Wildman–Crippen LogP) is 2.31. The largest absolute Gasteiger partial charge is 0.386 e. The van der Waals surface area contributed by atoms with E-state index in [1.54, 1.807) is 29.1 Å². The number of rotatable bonds is 5. The van der Waals surface area contributed by atoms with E-state index >= 15 is 0 Å². The molecule has 2 rings (SSSR count). The van der Waals surface area contributed by atoms with Gasteiger partial charge in [0, 0.05) is 35.8 Å². The summed E-state index contributed by atoms with van der Waals surface area (Å²) in [6.45, 7) is 2.07. The number of thiophene rings is 1. The second-order valence-electron chi connectivity index (χ2n) is 4.55. The lowest BCUT2D eigenvalue weighted by Gasteiger charge is -2.08. The molecule has 1 amide bonds. The van der Waals surface area contributed by atoms with Gasteiger partial charge in [-0.15, -0.1) is 11.3 Å². The molecule has 0 bridgehead atoms. The summed E-state index contributed by atoms with van der Waals surface area (Å²) in [5.41, 5.74) is 1.87. The molecule has 0 aliphatic heterocycles. The third-order valence-electron chi connectivity index (χ3n) is 3.08. The van der Waals surface area contributed by atoms with Crippen LogP contribution in [0.15, 0.2) is 24.4 Å². The number of halogens is 1. The summed E-state index contributed by atoms with van der Waals surface area (Å²) >= 11 is 7.10. The van der Waals surface area contributed by atoms with Crippen molar-refractivity contribution in [1.82, 2.24) is 15.1 Å². The van der Waals surface area contributed by atoms with Crippen LogP contribution >= 0.6 is 22.9 Å². The van der Waals surface area contributed by atoms with E-state index in [1.165, 1.54) is 17.4 Å². The van der Waals surface area contributed by atoms with Crippen LogP contribution in [0.2, 0.25) is 4.34 Å². The third kappa shape index (κ3) is 4.17. The molecule has 2 aromatic rings. The van der Waals surface area contributed by atoms with Crippen molar-refractivity contribution in [1.29, 1.82) is 0 Å². The van der Waals surface area contributed by atoms with E-state index in [0.29, 0.717) is 4.34 Å². The average Bonchev–Trinajstić information content (AvgIpc) is 3.02. The summed E-state index contributed by atoms with van der Waals surface area (Å²) in [5, 5.41) is 16.7. The van der Waals surface area contributed by atoms with Gasteiger partial charge in [-0.3, -0.25) is 9.48 Å². The Hall–Kier alpha value is -1.63. The lowest BCUT2D eigenvalue weighted by molar-refractivity contribution is -0.116. The number of carbonyl (C=O) groups is 1. The lowest BCUT2D eigenvalue weighted by atomic mass is 10.2. The van der Waals surface area contributed by atoms with Crippen molar-refractivity contribution < 1.29 is 9.90 Å². The summed E-state index contributed by atoms with van der Waals surface area (Å²) in [6.07, 6.45) is 4.08. The van der Waals surface area contributed by atoms with Crippen LogP contribution in [-0.4, -0.2) is 27.3 Å². The Morgan fingerprint density at radius 2 is 2.38 bits per heavy atom. The maximum Gasteiger partial charge on any atom is 0.244 e. The fourth-order valence-corrected chi connectivity index (χ4v) is 2.76. The number of amides is 1. The first-order chi connectivity index (χ1) is 9.97. The summed E-state index contributed by atoms with van der Waals surface area (Å²) < 4.78 is 2.35. The van der Waals surface area contributed by atoms with Gasteiger partial charge in [-0.25, -0.2) is 0 Å². The van der Waals surface area contributed by atoms with Crippen LogP contribution in [0.5, 0.6) is 0 Å². The molecule has 2 aromatic heterocycles. The van der Waals surface area contributed by atoms with Gasteiger partial charge in [-0.05, 0) is 25.1 Å². The number of nitrogens with one attached hydrogen (secondary N) is 1. The molecule has 112 valence electrons. The zero-order chi connectivity index (χ0) is 15.4. The van der Waals surface area contributed by atoms with Crippen LogP contribution in [-0.2, 0) is 11.8 Å². The molecule has 7 heteroatoms. The zero-order valence-electron chi connectivity index (χ0n) is 11.7. The highest BCUT2D eigenvalue weighted by molar-refractivity contribution is 7.16. The molecule has 0 aromatic carbocycles. The summed E-state index contributed by atoms with van der Waals surface area (Å²) in [4.78, 5) is 12.4. The smallest absolute Gasteiger partial charge is 0.244 e. The average molecular weight is 326 g/mol. The first-order valence-corrected chi connectivity index (χ1v) is 7.54. The topological polar surface area (TPSA) is 67.2 Å². The SMILES string of the molecule is Cc1c(/C=C/C(=O)NCC(O)c2ccc(Cl)s2)cnn1C. The van der Waals surface area contributed by atoms with Crippen molar-refractivity contribution in [3.63, 3.8) is 0 Å². The van der Waals surface area contributed by atoms with Crippen molar-refractivity contribution in [3.8, 4) is 0 Å². The zero-order valence-corrected chi connectivity index (χ0v) is 13.3. The number of aliphatic hydroxyl groups is 1. The molecule has 0 spiro atoms. The Morgan fingerprint density at radius 1 is 1.62 bits per heavy atom. The number of aliphatic hydroxyl groups excluding tert-OH is 1. The van der Waals surface area contributed by atoms with Gasteiger partial charge < -0.3 is 10.4 Å². The van der Waals surface area contributed by atoms with Gasteiger partial charge in [-0.2, -0.15) is 5.10 Å². The monoisotopic (exact) mass is 325 g/mol. The quantitative estimate of drug-likeness (QED) is 0.829. The maximum atomic E-state index is 11.7. The molecular weight excluding hydrogens is 310 g/mol. The molecule has 2 heterocycles. The lowest BCUT2D eigenvalue weighted by Crippen LogP contribution is -2.26. The summed E-state index contributed by atoms with van der Waals surface area (Å²) in [7, 11) is 1.84. The molecule has 0 aliphatic carbocycles. The number of aryl methyl sites for hydroxylation is 1. The van der Waals surface area contributed by atoms with E-state index in [4.69, 9.17) is 11.6 Å². The van der Waals surface area contributed by atoms with Crippen LogP contribution in [0.25, 0.3) is 6.08 Å². The Kier molecular flexibility index (Phi) is 5.17. The van der Waals surface area contributed by atoms with Gasteiger partial charge in [0.25, 0.3) is 0 Å². The van der Waals surface area contributed by atoms with Crippen molar-refractivity contribution in [3.05, 3.63) is 44.9 Å². The highest BCUT2D eigenvalue weighted by Crippen LogP contribution is 2.26. The molecule has 2 N–H and O–H groups in total. The number of carbonyl (C=O) groups excluding carboxylic acids is 1. The van der Waals surface area contributed by atoms with E-state index in [-0.39, 0.29) is 12.5 Å². The minimum Gasteiger partial charge on any atom is -0.386 e. The predicted molar refractivity (Wildman–Crippen MR) is 84.3 cm³/mol. The molecule has 1 unspecified atom stereocenters. The first-order valence-electron chi connectivity index (χ1n) is 6.35. The Bertz CT molecular complexity index is 663. The Morgan fingerprint density at radius 3 is 2.95 bits per heavy atom. The van der Waals surface area contributed by atoms with Gasteiger partial charge in [0.05, 0.1) is 10.5 Å². The summed E-state index contributed by atoms with van der Waals surface area (Å²) in [5.74, 6) is -0.264. The maximum absolute atomic E-state index is 11.7. The number of aromatic nitrogens is 2.